The number of nitrogens with one attached hydrogen (secondary N) is 3. The number of carboxylic acids is 1. The summed E-state index contributed by atoms with van der Waals surface area (Å²) in [7, 11) is 0. The lowest BCUT2D eigenvalue weighted by Gasteiger charge is -2.13. The molecule has 0 unspecified atom stereocenters. The highest BCUT2D eigenvalue weighted by atomic mass is 16.4. The van der Waals surface area contributed by atoms with Gasteiger partial charge in [-0.25, -0.2) is 4.79 Å². The van der Waals surface area contributed by atoms with Crippen LogP contribution in [0, 0.1) is 6.92 Å². The van der Waals surface area contributed by atoms with Crippen molar-refractivity contribution in [3.63, 3.8) is 0 Å². The Kier molecular flexibility index (Phi) is 6.19. The van der Waals surface area contributed by atoms with Gasteiger partial charge in [-0.2, -0.15) is 0 Å². The van der Waals surface area contributed by atoms with E-state index in [4.69, 9.17) is 5.11 Å². The molecule has 0 aromatic heterocycles. The molecule has 0 radical (unpaired) electrons. The number of carbonyl (C=O) groups is 3. The summed E-state index contributed by atoms with van der Waals surface area (Å²) in [6, 6.07) is 5.21. The van der Waals surface area contributed by atoms with Crippen molar-refractivity contribution in [2.45, 2.75) is 20.3 Å². The van der Waals surface area contributed by atoms with Crippen LogP contribution in [0.1, 0.15) is 18.1 Å². The summed E-state index contributed by atoms with van der Waals surface area (Å²) < 4.78 is 0. The van der Waals surface area contributed by atoms with Gasteiger partial charge in [0.05, 0.1) is 6.54 Å². The smallest absolute Gasteiger partial charge is 0.322 e. The van der Waals surface area contributed by atoms with Crippen molar-refractivity contribution >= 4 is 23.6 Å². The third-order valence-corrected chi connectivity index (χ3v) is 2.82. The Morgan fingerprint density at radius 2 is 1.86 bits per heavy atom. The molecule has 0 aliphatic carbocycles. The third kappa shape index (κ3) is 5.52. The predicted octanol–water partition coefficient (Wildman–Crippen LogP) is 0.880. The second-order valence-corrected chi connectivity index (χ2v) is 4.44. The molecule has 0 aliphatic heterocycles. The lowest BCUT2D eigenvalue weighted by molar-refractivity contribution is -0.137. The van der Waals surface area contributed by atoms with Crippen LogP contribution in [-0.4, -0.2) is 36.1 Å². The first-order valence-electron chi connectivity index (χ1n) is 6.55. The van der Waals surface area contributed by atoms with Crippen LogP contribution in [0.2, 0.25) is 0 Å². The fourth-order valence-electron chi connectivity index (χ4n) is 1.76. The summed E-state index contributed by atoms with van der Waals surface area (Å²) in [4.78, 5) is 33.3. The molecule has 0 fully saturated rings. The average molecular weight is 293 g/mol. The second kappa shape index (κ2) is 7.88. The van der Waals surface area contributed by atoms with Crippen LogP contribution in [0.25, 0.3) is 0 Å². The fraction of sp³-hybridized carbons (Fsp3) is 0.357. The van der Waals surface area contributed by atoms with Crippen LogP contribution >= 0.6 is 0 Å². The van der Waals surface area contributed by atoms with Gasteiger partial charge in [-0.3, -0.25) is 9.59 Å². The molecule has 0 aliphatic rings. The largest absolute Gasteiger partial charge is 0.480 e. The maximum absolute atomic E-state index is 11.8. The van der Waals surface area contributed by atoms with Gasteiger partial charge in [0.25, 0.3) is 0 Å². The SMILES string of the molecule is CCc1cccc(C)c1NC(=O)NCC(=O)NCC(=O)O. The summed E-state index contributed by atoms with van der Waals surface area (Å²) >= 11 is 0. The third-order valence-electron chi connectivity index (χ3n) is 2.82. The number of para-hydroxylation sites is 1. The number of benzene rings is 1. The number of urea groups is 1. The number of hydrogen-bond donors (Lipinski definition) is 4. The van der Waals surface area contributed by atoms with E-state index in [-0.39, 0.29) is 6.54 Å². The zero-order valence-corrected chi connectivity index (χ0v) is 12.0. The molecule has 21 heavy (non-hydrogen) atoms. The predicted molar refractivity (Wildman–Crippen MR) is 78.2 cm³/mol. The van der Waals surface area contributed by atoms with Gasteiger partial charge in [0, 0.05) is 5.69 Å². The number of rotatable bonds is 6. The zero-order valence-electron chi connectivity index (χ0n) is 12.0. The Labute approximate surface area is 122 Å². The molecule has 4 N–H and O–H groups in total. The Balaban J connectivity index is 2.51. The highest BCUT2D eigenvalue weighted by Crippen LogP contribution is 2.20. The van der Waals surface area contributed by atoms with Crippen LogP contribution in [0.15, 0.2) is 18.2 Å². The standard InChI is InChI=1S/C14H19N3O4/c1-3-10-6-4-5-9(2)13(10)17-14(21)16-7-11(18)15-8-12(19)20/h4-6H,3,7-8H2,1-2H3,(H,15,18)(H,19,20)(H2,16,17,21). The minimum Gasteiger partial charge on any atom is -0.480 e. The first-order chi connectivity index (χ1) is 9.93. The maximum atomic E-state index is 11.8. The van der Waals surface area contributed by atoms with Crippen LogP contribution in [-0.2, 0) is 16.0 Å². The molecule has 0 spiro atoms. The molecule has 0 atom stereocenters. The lowest BCUT2D eigenvalue weighted by atomic mass is 10.1. The van der Waals surface area contributed by atoms with Gasteiger partial charge in [-0.1, -0.05) is 25.1 Å². The van der Waals surface area contributed by atoms with Crippen molar-refractivity contribution < 1.29 is 19.5 Å². The van der Waals surface area contributed by atoms with Gasteiger partial charge in [-0.05, 0) is 24.5 Å². The average Bonchev–Trinajstić information content (AvgIpc) is 2.45. The van der Waals surface area contributed by atoms with Crippen molar-refractivity contribution in [3.8, 4) is 0 Å². The van der Waals surface area contributed by atoms with E-state index in [1.165, 1.54) is 0 Å². The summed E-state index contributed by atoms with van der Waals surface area (Å²) in [5, 5.41) is 15.6. The summed E-state index contributed by atoms with van der Waals surface area (Å²) in [5.74, 6) is -1.70. The van der Waals surface area contributed by atoms with Crippen molar-refractivity contribution in [2.75, 3.05) is 18.4 Å². The van der Waals surface area contributed by atoms with Crippen molar-refractivity contribution in [1.82, 2.24) is 10.6 Å². The van der Waals surface area contributed by atoms with Gasteiger partial charge in [-0.15, -0.1) is 0 Å². The highest BCUT2D eigenvalue weighted by Gasteiger charge is 2.10. The Bertz CT molecular complexity index is 543. The van der Waals surface area contributed by atoms with E-state index in [1.54, 1.807) is 0 Å². The monoisotopic (exact) mass is 293 g/mol. The van der Waals surface area contributed by atoms with E-state index in [9.17, 15) is 14.4 Å². The molecule has 0 saturated heterocycles. The fourth-order valence-corrected chi connectivity index (χ4v) is 1.76. The molecule has 1 aromatic rings. The lowest BCUT2D eigenvalue weighted by Crippen LogP contribution is -2.40. The normalized spacial score (nSPS) is 9.81. The van der Waals surface area contributed by atoms with Gasteiger partial charge in [0.1, 0.15) is 6.54 Å². The van der Waals surface area contributed by atoms with Gasteiger partial charge >= 0.3 is 12.0 Å². The van der Waals surface area contributed by atoms with E-state index in [0.717, 1.165) is 23.2 Å². The number of aliphatic carboxylic acids is 1. The van der Waals surface area contributed by atoms with Crippen LogP contribution in [0.5, 0.6) is 0 Å². The molecule has 0 bridgehead atoms. The molecular weight excluding hydrogens is 274 g/mol. The van der Waals surface area contributed by atoms with E-state index in [0.29, 0.717) is 0 Å². The molecular formula is C14H19N3O4. The van der Waals surface area contributed by atoms with Gasteiger partial charge in [0.2, 0.25) is 5.91 Å². The number of anilines is 1. The first kappa shape index (κ1) is 16.5. The number of carbonyl (C=O) groups excluding carboxylic acids is 2. The van der Waals surface area contributed by atoms with E-state index < -0.39 is 24.5 Å². The van der Waals surface area contributed by atoms with Crippen LogP contribution in [0.4, 0.5) is 10.5 Å². The zero-order chi connectivity index (χ0) is 15.8. The van der Waals surface area contributed by atoms with E-state index >= 15 is 0 Å². The summed E-state index contributed by atoms with van der Waals surface area (Å²) in [6.07, 6.45) is 0.774. The molecule has 7 heteroatoms. The topological polar surface area (TPSA) is 108 Å². The minimum absolute atomic E-state index is 0.285. The van der Waals surface area contributed by atoms with Crippen LogP contribution in [0.3, 0.4) is 0 Å². The van der Waals surface area contributed by atoms with Gasteiger partial charge in [0.15, 0.2) is 0 Å². The summed E-state index contributed by atoms with van der Waals surface area (Å²) in [5.41, 5.74) is 2.66. The first-order valence-corrected chi connectivity index (χ1v) is 6.55. The molecule has 7 nitrogen and oxygen atoms in total. The number of carboxylic acid groups (broad SMARTS) is 1. The van der Waals surface area contributed by atoms with Crippen molar-refractivity contribution in [2.24, 2.45) is 0 Å². The quantitative estimate of drug-likeness (QED) is 0.624. The Hall–Kier alpha value is -2.57. The number of aryl methyl sites for hydroxylation is 2. The van der Waals surface area contributed by atoms with Crippen molar-refractivity contribution in [3.05, 3.63) is 29.3 Å². The second-order valence-electron chi connectivity index (χ2n) is 4.44. The Morgan fingerprint density at radius 1 is 1.14 bits per heavy atom. The highest BCUT2D eigenvalue weighted by molar-refractivity contribution is 5.94. The number of amides is 3. The number of hydrogen-bond acceptors (Lipinski definition) is 3. The van der Waals surface area contributed by atoms with Crippen molar-refractivity contribution in [1.29, 1.82) is 0 Å². The van der Waals surface area contributed by atoms with Crippen LogP contribution < -0.4 is 16.0 Å². The molecule has 0 heterocycles. The molecule has 1 aromatic carbocycles. The van der Waals surface area contributed by atoms with E-state index in [2.05, 4.69) is 16.0 Å². The van der Waals surface area contributed by atoms with E-state index in [1.807, 2.05) is 32.0 Å². The Morgan fingerprint density at radius 3 is 2.48 bits per heavy atom. The molecule has 1 rings (SSSR count). The minimum atomic E-state index is -1.14. The molecule has 0 saturated carbocycles. The molecule has 114 valence electrons. The summed E-state index contributed by atoms with van der Waals surface area (Å²) in [6.45, 7) is 3.11. The molecule has 3 amide bonds. The van der Waals surface area contributed by atoms with Gasteiger partial charge < -0.3 is 21.1 Å². The maximum Gasteiger partial charge on any atom is 0.322 e.